The standard InChI is InChI=1S/C15H13N3O2/c1-2-10-5-3-6-11(9-10)18-15-12(7-4-8-20-15)13(17-18)14(16)19/h1,3,5-6,9H,4,7-8H2,(H2,16,19). The maximum Gasteiger partial charge on any atom is 0.269 e. The SMILES string of the molecule is C#Cc1cccc(-n2nc(C(N)=O)c3c2OCCC3)c1. The number of aromatic nitrogens is 2. The van der Waals surface area contributed by atoms with Gasteiger partial charge in [-0.3, -0.25) is 4.79 Å². The third-order valence-corrected chi connectivity index (χ3v) is 3.24. The first-order chi connectivity index (χ1) is 9.70. The highest BCUT2D eigenvalue weighted by atomic mass is 16.5. The molecule has 20 heavy (non-hydrogen) atoms. The van der Waals surface area contributed by atoms with Crippen molar-refractivity contribution in [1.82, 2.24) is 9.78 Å². The van der Waals surface area contributed by atoms with Crippen molar-refractivity contribution in [3.63, 3.8) is 0 Å². The van der Waals surface area contributed by atoms with Crippen LogP contribution in [0.1, 0.15) is 28.0 Å². The molecular formula is C15H13N3O2. The van der Waals surface area contributed by atoms with Crippen LogP contribution in [0.15, 0.2) is 24.3 Å². The van der Waals surface area contributed by atoms with E-state index in [9.17, 15) is 4.79 Å². The summed E-state index contributed by atoms with van der Waals surface area (Å²) in [6.07, 6.45) is 6.99. The first-order valence-corrected chi connectivity index (χ1v) is 6.32. The molecule has 5 heteroatoms. The number of fused-ring (bicyclic) bond motifs is 1. The second kappa shape index (κ2) is 4.74. The number of amides is 1. The summed E-state index contributed by atoms with van der Waals surface area (Å²) in [4.78, 5) is 11.5. The Hall–Kier alpha value is -2.74. The lowest BCUT2D eigenvalue weighted by Crippen LogP contribution is -2.16. The zero-order chi connectivity index (χ0) is 14.1. The van der Waals surface area contributed by atoms with Crippen LogP contribution in [-0.2, 0) is 6.42 Å². The molecule has 0 saturated heterocycles. The largest absolute Gasteiger partial charge is 0.477 e. The Bertz CT molecular complexity index is 725. The summed E-state index contributed by atoms with van der Waals surface area (Å²) < 4.78 is 7.25. The molecule has 0 spiro atoms. The van der Waals surface area contributed by atoms with Crippen molar-refractivity contribution in [2.45, 2.75) is 12.8 Å². The molecule has 0 bridgehead atoms. The van der Waals surface area contributed by atoms with Gasteiger partial charge in [0.2, 0.25) is 5.88 Å². The molecule has 5 nitrogen and oxygen atoms in total. The molecular weight excluding hydrogens is 254 g/mol. The van der Waals surface area contributed by atoms with Crippen LogP contribution in [0.4, 0.5) is 0 Å². The maximum atomic E-state index is 11.5. The van der Waals surface area contributed by atoms with Crippen molar-refractivity contribution < 1.29 is 9.53 Å². The second-order valence-electron chi connectivity index (χ2n) is 4.56. The van der Waals surface area contributed by atoms with Gasteiger partial charge < -0.3 is 10.5 Å². The highest BCUT2D eigenvalue weighted by molar-refractivity contribution is 5.93. The number of primary amides is 1. The molecule has 2 N–H and O–H groups in total. The molecule has 0 fully saturated rings. The fraction of sp³-hybridized carbons (Fsp3) is 0.200. The molecule has 1 aromatic carbocycles. The van der Waals surface area contributed by atoms with Crippen molar-refractivity contribution in [2.75, 3.05) is 6.61 Å². The van der Waals surface area contributed by atoms with E-state index in [2.05, 4.69) is 11.0 Å². The third-order valence-electron chi connectivity index (χ3n) is 3.24. The minimum atomic E-state index is -0.543. The topological polar surface area (TPSA) is 70.1 Å². The lowest BCUT2D eigenvalue weighted by atomic mass is 10.1. The summed E-state index contributed by atoms with van der Waals surface area (Å²) in [5.74, 6) is 2.61. The minimum absolute atomic E-state index is 0.269. The van der Waals surface area contributed by atoms with Gasteiger partial charge in [0, 0.05) is 11.1 Å². The van der Waals surface area contributed by atoms with E-state index in [1.165, 1.54) is 0 Å². The van der Waals surface area contributed by atoms with Crippen molar-refractivity contribution in [3.8, 4) is 23.9 Å². The molecule has 100 valence electrons. The number of rotatable bonds is 2. The molecule has 0 atom stereocenters. The van der Waals surface area contributed by atoms with Crippen LogP contribution in [-0.4, -0.2) is 22.3 Å². The van der Waals surface area contributed by atoms with Crippen molar-refractivity contribution in [1.29, 1.82) is 0 Å². The lowest BCUT2D eigenvalue weighted by Gasteiger charge is -2.15. The van der Waals surface area contributed by atoms with Gasteiger partial charge in [0.05, 0.1) is 12.3 Å². The molecule has 0 radical (unpaired) electrons. The maximum absolute atomic E-state index is 11.5. The number of carbonyl (C=O) groups excluding carboxylic acids is 1. The average molecular weight is 267 g/mol. The zero-order valence-corrected chi connectivity index (χ0v) is 10.8. The van der Waals surface area contributed by atoms with Crippen molar-refractivity contribution in [2.24, 2.45) is 5.73 Å². The summed E-state index contributed by atoms with van der Waals surface area (Å²) >= 11 is 0. The number of nitrogens with two attached hydrogens (primary N) is 1. The minimum Gasteiger partial charge on any atom is -0.477 e. The normalized spacial score (nSPS) is 13.2. The number of hydrogen-bond acceptors (Lipinski definition) is 3. The highest BCUT2D eigenvalue weighted by Gasteiger charge is 2.25. The first kappa shape index (κ1) is 12.3. The molecule has 1 aliphatic rings. The average Bonchev–Trinajstić information content (AvgIpc) is 2.87. The molecule has 0 unspecified atom stereocenters. The smallest absolute Gasteiger partial charge is 0.269 e. The molecule has 3 rings (SSSR count). The van der Waals surface area contributed by atoms with Gasteiger partial charge in [-0.1, -0.05) is 12.0 Å². The van der Waals surface area contributed by atoms with E-state index in [0.717, 1.165) is 29.7 Å². The van der Waals surface area contributed by atoms with Gasteiger partial charge >= 0.3 is 0 Å². The van der Waals surface area contributed by atoms with Crippen LogP contribution in [0, 0.1) is 12.3 Å². The predicted octanol–water partition coefficient (Wildman–Crippen LogP) is 1.28. The Morgan fingerprint density at radius 3 is 3.10 bits per heavy atom. The van der Waals surface area contributed by atoms with E-state index in [4.69, 9.17) is 16.9 Å². The van der Waals surface area contributed by atoms with Gasteiger partial charge in [-0.15, -0.1) is 6.42 Å². The van der Waals surface area contributed by atoms with E-state index >= 15 is 0 Å². The Labute approximate surface area is 116 Å². The Balaban J connectivity index is 2.18. The van der Waals surface area contributed by atoms with Crippen molar-refractivity contribution in [3.05, 3.63) is 41.1 Å². The summed E-state index contributed by atoms with van der Waals surface area (Å²) in [6.45, 7) is 0.603. The van der Waals surface area contributed by atoms with Gasteiger partial charge in [0.15, 0.2) is 5.69 Å². The lowest BCUT2D eigenvalue weighted by molar-refractivity contribution is 0.0994. The van der Waals surface area contributed by atoms with Crippen LogP contribution in [0.25, 0.3) is 5.69 Å². The number of ether oxygens (including phenoxy) is 1. The van der Waals surface area contributed by atoms with E-state index < -0.39 is 5.91 Å². The Morgan fingerprint density at radius 1 is 1.50 bits per heavy atom. The number of carbonyl (C=O) groups is 1. The van der Waals surface area contributed by atoms with Crippen LogP contribution in [0.5, 0.6) is 5.88 Å². The second-order valence-corrected chi connectivity index (χ2v) is 4.56. The van der Waals surface area contributed by atoms with Crippen LogP contribution in [0.2, 0.25) is 0 Å². The quantitative estimate of drug-likeness (QED) is 0.833. The Morgan fingerprint density at radius 2 is 2.35 bits per heavy atom. The predicted molar refractivity (Wildman–Crippen MR) is 73.8 cm³/mol. The van der Waals surface area contributed by atoms with Crippen molar-refractivity contribution >= 4 is 5.91 Å². The van der Waals surface area contributed by atoms with Gasteiger partial charge in [0.25, 0.3) is 5.91 Å². The van der Waals surface area contributed by atoms with Gasteiger partial charge in [-0.05, 0) is 31.0 Å². The van der Waals surface area contributed by atoms with Crippen LogP contribution >= 0.6 is 0 Å². The molecule has 1 aromatic heterocycles. The van der Waals surface area contributed by atoms with E-state index in [1.54, 1.807) is 4.68 Å². The van der Waals surface area contributed by atoms with Crippen LogP contribution < -0.4 is 10.5 Å². The monoisotopic (exact) mass is 267 g/mol. The first-order valence-electron chi connectivity index (χ1n) is 6.32. The molecule has 1 amide bonds. The number of nitrogens with zero attached hydrogens (tertiary/aromatic N) is 2. The molecule has 2 aromatic rings. The van der Waals surface area contributed by atoms with Gasteiger partial charge in [-0.25, -0.2) is 4.68 Å². The summed E-state index contributed by atoms with van der Waals surface area (Å²) in [6, 6.07) is 7.34. The summed E-state index contributed by atoms with van der Waals surface area (Å²) in [7, 11) is 0. The van der Waals surface area contributed by atoms with E-state index in [0.29, 0.717) is 12.5 Å². The van der Waals surface area contributed by atoms with E-state index in [-0.39, 0.29) is 5.69 Å². The zero-order valence-electron chi connectivity index (χ0n) is 10.8. The summed E-state index contributed by atoms with van der Waals surface area (Å²) in [5, 5.41) is 4.29. The number of terminal acetylenes is 1. The Kier molecular flexibility index (Phi) is 2.92. The fourth-order valence-electron chi connectivity index (χ4n) is 2.33. The summed E-state index contributed by atoms with van der Waals surface area (Å²) in [5.41, 5.74) is 7.92. The fourth-order valence-corrected chi connectivity index (χ4v) is 2.33. The number of hydrogen-bond donors (Lipinski definition) is 1. The third kappa shape index (κ3) is 1.91. The van der Waals surface area contributed by atoms with Gasteiger partial charge in [0.1, 0.15) is 0 Å². The van der Waals surface area contributed by atoms with Gasteiger partial charge in [-0.2, -0.15) is 5.10 Å². The molecule has 0 saturated carbocycles. The number of benzene rings is 1. The van der Waals surface area contributed by atoms with Crippen LogP contribution in [0.3, 0.4) is 0 Å². The highest BCUT2D eigenvalue weighted by Crippen LogP contribution is 2.30. The molecule has 2 heterocycles. The molecule has 1 aliphatic heterocycles. The van der Waals surface area contributed by atoms with E-state index in [1.807, 2.05) is 24.3 Å². The molecule has 0 aliphatic carbocycles.